The van der Waals surface area contributed by atoms with Crippen LogP contribution >= 0.6 is 33.9 Å². The molecule has 192 valence electrons. The fraction of sp³-hybridized carbons (Fsp3) is 0.593. The van der Waals surface area contributed by atoms with Gasteiger partial charge < -0.3 is 10.1 Å². The number of nitrogens with one attached hydrogen (secondary N) is 1. The summed E-state index contributed by atoms with van der Waals surface area (Å²) in [5, 5.41) is 3.04. The quantitative estimate of drug-likeness (QED) is 0.197. The lowest BCUT2D eigenvalue weighted by Crippen LogP contribution is -2.54. The van der Waals surface area contributed by atoms with Gasteiger partial charge in [-0.15, -0.1) is 11.3 Å². The topological polar surface area (TPSA) is 71.5 Å². The van der Waals surface area contributed by atoms with Crippen molar-refractivity contribution in [1.82, 2.24) is 15.2 Å². The first kappa shape index (κ1) is 28.2. The number of ketones is 1. The molecule has 1 unspecified atom stereocenters. The van der Waals surface area contributed by atoms with E-state index in [1.54, 1.807) is 11.3 Å². The van der Waals surface area contributed by atoms with Gasteiger partial charge in [0.05, 0.1) is 34.8 Å². The molecule has 3 rings (SSSR count). The molecule has 8 heteroatoms. The van der Waals surface area contributed by atoms with Gasteiger partial charge in [-0.1, -0.05) is 67.6 Å². The second kappa shape index (κ2) is 13.3. The highest BCUT2D eigenvalue weighted by Gasteiger charge is 2.40. The van der Waals surface area contributed by atoms with Crippen molar-refractivity contribution in [2.75, 3.05) is 24.2 Å². The van der Waals surface area contributed by atoms with E-state index in [4.69, 9.17) is 4.74 Å². The van der Waals surface area contributed by atoms with Crippen LogP contribution in [0.4, 0.5) is 0 Å². The van der Waals surface area contributed by atoms with Gasteiger partial charge in [0.15, 0.2) is 5.78 Å². The second-order valence-electron chi connectivity index (χ2n) is 10.3. The lowest BCUT2D eigenvalue weighted by Gasteiger charge is -2.34. The minimum absolute atomic E-state index is 0.117. The fourth-order valence-corrected chi connectivity index (χ4v) is 5.60. The van der Waals surface area contributed by atoms with Gasteiger partial charge in [-0.25, -0.2) is 4.98 Å². The number of thiazole rings is 1. The van der Waals surface area contributed by atoms with E-state index in [1.165, 1.54) is 16.0 Å². The molecule has 0 radical (unpaired) electrons. The van der Waals surface area contributed by atoms with E-state index in [-0.39, 0.29) is 29.6 Å². The summed E-state index contributed by atoms with van der Waals surface area (Å²) in [6.07, 6.45) is 3.08. The average molecular weight is 612 g/mol. The Hall–Kier alpha value is -1.36. The number of hydrogen-bond donors (Lipinski definition) is 1. The summed E-state index contributed by atoms with van der Waals surface area (Å²) in [4.78, 5) is 34.1. The third-order valence-electron chi connectivity index (χ3n) is 6.39. The number of amides is 1. The van der Waals surface area contributed by atoms with Crippen molar-refractivity contribution in [3.8, 4) is 10.4 Å². The number of alkyl halides is 1. The summed E-state index contributed by atoms with van der Waals surface area (Å²) in [6.45, 7) is 10.8. The van der Waals surface area contributed by atoms with E-state index in [0.717, 1.165) is 42.5 Å². The lowest BCUT2D eigenvalue weighted by atomic mass is 9.81. The molecule has 0 spiro atoms. The monoisotopic (exact) mass is 611 g/mol. The maximum absolute atomic E-state index is 13.7. The van der Waals surface area contributed by atoms with E-state index >= 15 is 0 Å². The maximum Gasteiger partial charge on any atom is 0.222 e. The third kappa shape index (κ3) is 8.06. The minimum atomic E-state index is -0.522. The van der Waals surface area contributed by atoms with Gasteiger partial charge >= 0.3 is 0 Å². The van der Waals surface area contributed by atoms with Crippen LogP contribution in [0.5, 0.6) is 0 Å². The second-order valence-corrected chi connectivity index (χ2v) is 12.2. The van der Waals surface area contributed by atoms with Crippen molar-refractivity contribution in [2.45, 2.75) is 72.0 Å². The fourth-order valence-electron chi connectivity index (χ4n) is 4.48. The van der Waals surface area contributed by atoms with Gasteiger partial charge in [0.2, 0.25) is 5.91 Å². The Morgan fingerprint density at radius 3 is 2.63 bits per heavy atom. The molecule has 1 fully saturated rings. The number of benzene rings is 1. The van der Waals surface area contributed by atoms with Crippen molar-refractivity contribution in [3.63, 3.8) is 0 Å². The molecule has 1 amide bonds. The number of rotatable bonds is 12. The average Bonchev–Trinajstić information content (AvgIpc) is 3.45. The number of ether oxygens (including phenoxy) is 1. The number of likely N-dealkylation sites (tertiary alicyclic amines) is 1. The molecule has 2 atom stereocenters. The van der Waals surface area contributed by atoms with Gasteiger partial charge in [0.1, 0.15) is 0 Å². The lowest BCUT2D eigenvalue weighted by molar-refractivity contribution is -0.133. The molecule has 1 N–H and O–H groups in total. The van der Waals surface area contributed by atoms with Gasteiger partial charge in [0.25, 0.3) is 0 Å². The predicted octanol–water partition coefficient (Wildman–Crippen LogP) is 5.41. The van der Waals surface area contributed by atoms with Crippen LogP contribution in [0.25, 0.3) is 10.4 Å². The number of Topliss-reactive ketones (excluding diaryl/α,β-unsaturated/α-hetero) is 1. The van der Waals surface area contributed by atoms with Crippen molar-refractivity contribution in [2.24, 2.45) is 5.41 Å². The van der Waals surface area contributed by atoms with Crippen molar-refractivity contribution >= 4 is 45.6 Å². The number of halogens is 1. The summed E-state index contributed by atoms with van der Waals surface area (Å²) in [5.41, 5.74) is 4.93. The Bertz CT molecular complexity index is 971. The van der Waals surface area contributed by atoms with Crippen LogP contribution < -0.4 is 5.32 Å². The Morgan fingerprint density at radius 2 is 2.00 bits per heavy atom. The molecule has 0 saturated carbocycles. The Kier molecular flexibility index (Phi) is 10.7. The van der Waals surface area contributed by atoms with Crippen molar-refractivity contribution < 1.29 is 14.3 Å². The Balaban J connectivity index is 1.62. The number of carbonyl (C=O) groups is 2. The van der Waals surface area contributed by atoms with E-state index < -0.39 is 6.04 Å². The summed E-state index contributed by atoms with van der Waals surface area (Å²) in [7, 11) is 0. The van der Waals surface area contributed by atoms with E-state index in [9.17, 15) is 9.59 Å². The van der Waals surface area contributed by atoms with Crippen LogP contribution in [0, 0.1) is 12.3 Å². The number of hydrogen-bond acceptors (Lipinski definition) is 6. The summed E-state index contributed by atoms with van der Waals surface area (Å²) >= 11 is 3.97. The van der Waals surface area contributed by atoms with E-state index in [2.05, 4.69) is 62.1 Å². The molecule has 35 heavy (non-hydrogen) atoms. The van der Waals surface area contributed by atoms with E-state index in [0.29, 0.717) is 13.2 Å². The standard InChI is InChI=1S/C27H38IN3O3S/c1-19-25(35-18-29-19)21-10-8-20(9-11-21)17-31-14-5-7-22(31)24(33)26(27(2,3)4)30-23(32)12-16-34-15-6-13-28/h8-11,18,22,26H,5-7,12-17H2,1-4H3,(H,30,32)/t22?,26-/m1/s1. The zero-order valence-corrected chi connectivity index (χ0v) is 24.3. The number of aromatic nitrogens is 1. The van der Waals surface area contributed by atoms with Crippen LogP contribution in [-0.2, 0) is 20.9 Å². The molecule has 1 aromatic carbocycles. The SMILES string of the molecule is Cc1ncsc1-c1ccc(CN2CCCC2C(=O)[C@@H](NC(=O)CCOCCCI)C(C)(C)C)cc1. The first-order chi connectivity index (χ1) is 16.7. The maximum atomic E-state index is 13.7. The Morgan fingerprint density at radius 1 is 1.26 bits per heavy atom. The van der Waals surface area contributed by atoms with Crippen LogP contribution in [0.15, 0.2) is 29.8 Å². The molecule has 0 bridgehead atoms. The van der Waals surface area contributed by atoms with Gasteiger partial charge in [0, 0.05) is 24.0 Å². The highest BCUT2D eigenvalue weighted by Crippen LogP contribution is 2.30. The highest BCUT2D eigenvalue weighted by molar-refractivity contribution is 14.1. The van der Waals surface area contributed by atoms with Gasteiger partial charge in [-0.2, -0.15) is 0 Å². The molecule has 1 aliphatic rings. The molecule has 1 aliphatic heterocycles. The van der Waals surface area contributed by atoms with Gasteiger partial charge in [-0.05, 0) is 49.3 Å². The number of nitrogens with zero attached hydrogens (tertiary/aromatic N) is 2. The van der Waals surface area contributed by atoms with Crippen LogP contribution in [-0.4, -0.2) is 57.8 Å². The zero-order valence-electron chi connectivity index (χ0n) is 21.3. The molecular formula is C27H38IN3O3S. The van der Waals surface area contributed by atoms with Crippen LogP contribution in [0.1, 0.15) is 57.7 Å². The van der Waals surface area contributed by atoms with Gasteiger partial charge in [-0.3, -0.25) is 14.5 Å². The molecular weight excluding hydrogens is 573 g/mol. The Labute approximate surface area is 227 Å². The largest absolute Gasteiger partial charge is 0.381 e. The van der Waals surface area contributed by atoms with Crippen molar-refractivity contribution in [3.05, 3.63) is 41.0 Å². The minimum Gasteiger partial charge on any atom is -0.381 e. The van der Waals surface area contributed by atoms with E-state index in [1.807, 2.05) is 33.2 Å². The molecule has 2 heterocycles. The van der Waals surface area contributed by atoms with Crippen LogP contribution in [0.3, 0.4) is 0 Å². The number of carbonyl (C=O) groups excluding carboxylic acids is 2. The smallest absolute Gasteiger partial charge is 0.222 e. The molecule has 6 nitrogen and oxygen atoms in total. The summed E-state index contributed by atoms with van der Waals surface area (Å²) in [6, 6.07) is 7.88. The van der Waals surface area contributed by atoms with Crippen LogP contribution in [0.2, 0.25) is 0 Å². The normalized spacial score (nSPS) is 17.5. The summed E-state index contributed by atoms with van der Waals surface area (Å²) in [5.74, 6) is -0.00247. The molecule has 1 aromatic heterocycles. The molecule has 2 aromatic rings. The first-order valence-electron chi connectivity index (χ1n) is 12.4. The van der Waals surface area contributed by atoms with Crippen molar-refractivity contribution in [1.29, 1.82) is 0 Å². The molecule has 0 aliphatic carbocycles. The highest BCUT2D eigenvalue weighted by atomic mass is 127. The molecule has 1 saturated heterocycles. The third-order valence-corrected chi connectivity index (χ3v) is 8.13. The predicted molar refractivity (Wildman–Crippen MR) is 151 cm³/mol. The number of aryl methyl sites for hydroxylation is 1. The first-order valence-corrected chi connectivity index (χ1v) is 14.8. The zero-order chi connectivity index (χ0) is 25.4. The summed E-state index contributed by atoms with van der Waals surface area (Å²) < 4.78 is 6.57.